The summed E-state index contributed by atoms with van der Waals surface area (Å²) in [6, 6.07) is 7.06. The second-order valence-electron chi connectivity index (χ2n) is 8.70. The molecule has 34 heavy (non-hydrogen) atoms. The van der Waals surface area contributed by atoms with Crippen molar-refractivity contribution in [3.05, 3.63) is 58.0 Å². The normalized spacial score (nSPS) is 22.7. The Bertz CT molecular complexity index is 1090. The molecule has 1 N–H and O–H groups in total. The van der Waals surface area contributed by atoms with E-state index in [1.165, 1.54) is 11.0 Å². The minimum atomic E-state index is -0.980. The molecular weight excluding hydrogens is 445 g/mol. The topological polar surface area (TPSA) is 118 Å². The molecule has 0 radical (unpaired) electrons. The number of ether oxygens (including phenoxy) is 1. The van der Waals surface area contributed by atoms with Gasteiger partial charge in [-0.15, -0.1) is 0 Å². The molecule has 2 aliphatic rings. The lowest BCUT2D eigenvalue weighted by Gasteiger charge is -2.36. The van der Waals surface area contributed by atoms with E-state index in [4.69, 9.17) is 4.74 Å². The van der Waals surface area contributed by atoms with Crippen molar-refractivity contribution in [1.29, 1.82) is 0 Å². The first-order valence-corrected chi connectivity index (χ1v) is 11.1. The highest BCUT2D eigenvalue weighted by molar-refractivity contribution is 6.00. The fourth-order valence-corrected chi connectivity index (χ4v) is 4.35. The molecule has 0 spiro atoms. The Balaban J connectivity index is 1.34. The van der Waals surface area contributed by atoms with Gasteiger partial charge < -0.3 is 19.9 Å². The summed E-state index contributed by atoms with van der Waals surface area (Å²) in [5.74, 6) is -1.39. The summed E-state index contributed by atoms with van der Waals surface area (Å²) in [5, 5.41) is 13.8. The molecule has 4 rings (SSSR count). The average molecular weight is 471 g/mol. The van der Waals surface area contributed by atoms with Crippen LogP contribution in [0.1, 0.15) is 25.8 Å². The van der Waals surface area contributed by atoms with Crippen LogP contribution in [0, 0.1) is 21.8 Å². The van der Waals surface area contributed by atoms with Crippen molar-refractivity contribution in [3.8, 4) is 0 Å². The maximum Gasteiger partial charge on any atom is 0.306 e. The van der Waals surface area contributed by atoms with Gasteiger partial charge in [0.25, 0.3) is 0 Å². The predicted octanol–water partition coefficient (Wildman–Crippen LogP) is 2.41. The van der Waals surface area contributed by atoms with Crippen LogP contribution in [0.3, 0.4) is 0 Å². The monoisotopic (exact) mass is 471 g/mol. The van der Waals surface area contributed by atoms with Crippen molar-refractivity contribution < 1.29 is 23.6 Å². The van der Waals surface area contributed by atoms with Gasteiger partial charge in [-0.25, -0.2) is 4.98 Å². The Kier molecular flexibility index (Phi) is 6.73. The average Bonchev–Trinajstić information content (AvgIpc) is 3.19. The van der Waals surface area contributed by atoms with E-state index in [2.05, 4.69) is 15.2 Å². The third-order valence-corrected chi connectivity index (χ3v) is 5.95. The molecule has 3 heterocycles. The standard InChI is InChI=1S/C23H26FN5O5/c1-14-11-27(12-15(2)34-14)21-6-3-16(9-25-21)10-26-23(31)17-7-22(30)28(13-17)18-4-5-19(24)20(8-18)29(32)33/h3-6,8-9,14-15,17H,7,10-13H2,1-2H3,(H,26,31). The maximum absolute atomic E-state index is 13.6. The van der Waals surface area contributed by atoms with Gasteiger partial charge in [-0.2, -0.15) is 4.39 Å². The van der Waals surface area contributed by atoms with Crippen LogP contribution in [0.5, 0.6) is 0 Å². The van der Waals surface area contributed by atoms with Gasteiger partial charge in [0.1, 0.15) is 5.82 Å². The number of rotatable bonds is 6. The first-order chi connectivity index (χ1) is 16.2. The van der Waals surface area contributed by atoms with E-state index in [1.807, 2.05) is 26.0 Å². The Morgan fingerprint density at radius 3 is 2.62 bits per heavy atom. The summed E-state index contributed by atoms with van der Waals surface area (Å²) in [5.41, 5.74) is 0.303. The molecule has 2 aromatic rings. The third-order valence-electron chi connectivity index (χ3n) is 5.95. The molecule has 2 fully saturated rings. The molecule has 2 saturated heterocycles. The van der Waals surface area contributed by atoms with Crippen LogP contribution in [-0.2, 0) is 20.9 Å². The Morgan fingerprint density at radius 2 is 1.97 bits per heavy atom. The lowest BCUT2D eigenvalue weighted by molar-refractivity contribution is -0.387. The first-order valence-electron chi connectivity index (χ1n) is 11.1. The number of morpholine rings is 1. The zero-order valence-electron chi connectivity index (χ0n) is 18.9. The highest BCUT2D eigenvalue weighted by Gasteiger charge is 2.36. The van der Waals surface area contributed by atoms with Crippen molar-refractivity contribution in [3.63, 3.8) is 0 Å². The molecule has 0 saturated carbocycles. The number of carbonyl (C=O) groups is 2. The van der Waals surface area contributed by atoms with Gasteiger partial charge in [-0.1, -0.05) is 6.07 Å². The number of nitrogens with zero attached hydrogens (tertiary/aromatic N) is 4. The van der Waals surface area contributed by atoms with Gasteiger partial charge in [-0.3, -0.25) is 19.7 Å². The Hall–Kier alpha value is -3.60. The molecule has 1 aromatic carbocycles. The predicted molar refractivity (Wildman–Crippen MR) is 122 cm³/mol. The lowest BCUT2D eigenvalue weighted by atomic mass is 10.1. The molecule has 3 unspecified atom stereocenters. The highest BCUT2D eigenvalue weighted by atomic mass is 19.1. The van der Waals surface area contributed by atoms with Gasteiger partial charge >= 0.3 is 5.69 Å². The summed E-state index contributed by atoms with van der Waals surface area (Å²) in [4.78, 5) is 43.2. The number of carbonyl (C=O) groups excluding carboxylic acids is 2. The van der Waals surface area contributed by atoms with Crippen molar-refractivity contribution in [2.45, 2.75) is 39.0 Å². The van der Waals surface area contributed by atoms with E-state index in [9.17, 15) is 24.1 Å². The Labute approximate surface area is 195 Å². The molecule has 0 aliphatic carbocycles. The van der Waals surface area contributed by atoms with Crippen molar-refractivity contribution in [1.82, 2.24) is 10.3 Å². The summed E-state index contributed by atoms with van der Waals surface area (Å²) in [6.45, 7) is 5.90. The number of hydrogen-bond donors (Lipinski definition) is 1. The number of amides is 2. The molecule has 10 nitrogen and oxygen atoms in total. The van der Waals surface area contributed by atoms with Gasteiger partial charge in [0.05, 0.1) is 28.7 Å². The van der Waals surface area contributed by atoms with E-state index in [0.29, 0.717) is 0 Å². The molecule has 3 atom stereocenters. The molecule has 1 aromatic heterocycles. The minimum absolute atomic E-state index is 0.0262. The molecule has 11 heteroatoms. The minimum Gasteiger partial charge on any atom is -0.372 e. The van der Waals surface area contributed by atoms with E-state index in [1.54, 1.807) is 6.20 Å². The first kappa shape index (κ1) is 23.6. The smallest absolute Gasteiger partial charge is 0.306 e. The van der Waals surface area contributed by atoms with Crippen LogP contribution < -0.4 is 15.1 Å². The summed E-state index contributed by atoms with van der Waals surface area (Å²) >= 11 is 0. The van der Waals surface area contributed by atoms with Gasteiger partial charge in [0.2, 0.25) is 17.6 Å². The van der Waals surface area contributed by atoms with E-state index >= 15 is 0 Å². The highest BCUT2D eigenvalue weighted by Crippen LogP contribution is 2.29. The number of nitrogens with one attached hydrogen (secondary N) is 1. The fourth-order valence-electron chi connectivity index (χ4n) is 4.35. The number of pyridine rings is 1. The second-order valence-corrected chi connectivity index (χ2v) is 8.70. The van der Waals surface area contributed by atoms with Gasteiger partial charge in [0, 0.05) is 44.9 Å². The third kappa shape index (κ3) is 5.14. The lowest BCUT2D eigenvalue weighted by Crippen LogP contribution is -2.45. The van der Waals surface area contributed by atoms with Crippen LogP contribution in [0.15, 0.2) is 36.5 Å². The molecule has 0 bridgehead atoms. The van der Waals surface area contributed by atoms with Crippen molar-refractivity contribution in [2.24, 2.45) is 5.92 Å². The van der Waals surface area contributed by atoms with Crippen LogP contribution in [0.4, 0.5) is 21.6 Å². The molecule has 2 aliphatic heterocycles. The van der Waals surface area contributed by atoms with E-state index < -0.39 is 22.3 Å². The maximum atomic E-state index is 13.6. The van der Waals surface area contributed by atoms with E-state index in [0.717, 1.165) is 36.6 Å². The number of nitro benzene ring substituents is 1. The van der Waals surface area contributed by atoms with Crippen LogP contribution >= 0.6 is 0 Å². The number of hydrogen-bond acceptors (Lipinski definition) is 7. The molecular formula is C23H26FN5O5. The fraction of sp³-hybridized carbons (Fsp3) is 0.435. The second kappa shape index (κ2) is 9.72. The molecule has 2 amide bonds. The largest absolute Gasteiger partial charge is 0.372 e. The number of halogens is 1. The van der Waals surface area contributed by atoms with Crippen molar-refractivity contribution in [2.75, 3.05) is 29.4 Å². The Morgan fingerprint density at radius 1 is 1.24 bits per heavy atom. The summed E-state index contributed by atoms with van der Waals surface area (Å²) in [7, 11) is 0. The zero-order chi connectivity index (χ0) is 24.4. The van der Waals surface area contributed by atoms with Crippen LogP contribution in [0.2, 0.25) is 0 Å². The summed E-state index contributed by atoms with van der Waals surface area (Å²) < 4.78 is 19.4. The SMILES string of the molecule is CC1CN(c2ccc(CNC(=O)C3CC(=O)N(c4ccc(F)c([N+](=O)[O-])c4)C3)cn2)CC(C)O1. The number of anilines is 2. The van der Waals surface area contributed by atoms with Crippen LogP contribution in [0.25, 0.3) is 0 Å². The summed E-state index contributed by atoms with van der Waals surface area (Å²) in [6.07, 6.45) is 1.93. The van der Waals surface area contributed by atoms with Gasteiger partial charge in [-0.05, 0) is 37.6 Å². The zero-order valence-corrected chi connectivity index (χ0v) is 18.9. The molecule has 180 valence electrons. The van der Waals surface area contributed by atoms with Crippen LogP contribution in [-0.4, -0.2) is 53.6 Å². The number of nitro groups is 1. The number of aromatic nitrogens is 1. The van der Waals surface area contributed by atoms with E-state index in [-0.39, 0.29) is 49.2 Å². The van der Waals surface area contributed by atoms with Gasteiger partial charge in [0.15, 0.2) is 0 Å². The quantitative estimate of drug-likeness (QED) is 0.508. The van der Waals surface area contributed by atoms with Crippen molar-refractivity contribution >= 4 is 29.0 Å². The number of benzene rings is 1.